The number of rotatable bonds is 10. The number of hydrogen-bond donors (Lipinski definition) is 0. The van der Waals surface area contributed by atoms with Gasteiger partial charge in [0.15, 0.2) is 0 Å². The van der Waals surface area contributed by atoms with Gasteiger partial charge in [0.25, 0.3) is 0 Å². The molecule has 0 aliphatic carbocycles. The summed E-state index contributed by atoms with van der Waals surface area (Å²) in [6.45, 7) is 12.3. The highest BCUT2D eigenvalue weighted by molar-refractivity contribution is 4.89. The zero-order valence-corrected chi connectivity index (χ0v) is 14.0. The first kappa shape index (κ1) is 16.7. The summed E-state index contributed by atoms with van der Waals surface area (Å²) in [6, 6.07) is 0. The molecular weight excluding hydrogens is 284 g/mol. The van der Waals surface area contributed by atoms with Crippen LogP contribution in [0.5, 0.6) is 0 Å². The number of ether oxygens (including phenoxy) is 5. The van der Waals surface area contributed by atoms with E-state index in [-0.39, 0.29) is 16.2 Å². The second kappa shape index (κ2) is 6.73. The van der Waals surface area contributed by atoms with Crippen LogP contribution in [0.3, 0.4) is 0 Å². The van der Waals surface area contributed by atoms with Crippen LogP contribution in [0.1, 0.15) is 26.7 Å². The molecule has 3 aliphatic rings. The SMILES string of the molecule is CCC1(COCC2(COCC3(CC)COC3)COC2)COC1. The van der Waals surface area contributed by atoms with E-state index in [4.69, 9.17) is 23.7 Å². The van der Waals surface area contributed by atoms with Gasteiger partial charge in [-0.15, -0.1) is 0 Å². The maximum Gasteiger partial charge on any atom is 0.0637 e. The van der Waals surface area contributed by atoms with E-state index in [2.05, 4.69) is 13.8 Å². The second-order valence-corrected chi connectivity index (χ2v) is 7.67. The van der Waals surface area contributed by atoms with Crippen molar-refractivity contribution in [2.24, 2.45) is 16.2 Å². The van der Waals surface area contributed by atoms with E-state index in [9.17, 15) is 0 Å². The van der Waals surface area contributed by atoms with Crippen LogP contribution in [0.2, 0.25) is 0 Å². The molecule has 128 valence electrons. The monoisotopic (exact) mass is 314 g/mol. The molecule has 0 radical (unpaired) electrons. The summed E-state index contributed by atoms with van der Waals surface area (Å²) in [5, 5.41) is 0. The molecule has 0 saturated carbocycles. The second-order valence-electron chi connectivity index (χ2n) is 7.67. The van der Waals surface area contributed by atoms with Crippen molar-refractivity contribution in [3.8, 4) is 0 Å². The average molecular weight is 314 g/mol. The van der Waals surface area contributed by atoms with Crippen LogP contribution in [-0.4, -0.2) is 66.1 Å². The minimum atomic E-state index is 0.0546. The summed E-state index contributed by atoms with van der Waals surface area (Å²) in [6.07, 6.45) is 2.23. The molecule has 0 aromatic carbocycles. The van der Waals surface area contributed by atoms with Gasteiger partial charge < -0.3 is 23.7 Å². The Kier molecular flexibility index (Phi) is 5.10. The smallest absolute Gasteiger partial charge is 0.0637 e. The van der Waals surface area contributed by atoms with Gasteiger partial charge in [-0.1, -0.05) is 13.8 Å². The summed E-state index contributed by atoms with van der Waals surface area (Å²) in [5.41, 5.74) is 0.559. The maximum atomic E-state index is 6.02. The Morgan fingerprint density at radius 2 is 0.909 bits per heavy atom. The lowest BCUT2D eigenvalue weighted by Crippen LogP contribution is -2.53. The number of hydrogen-bond acceptors (Lipinski definition) is 5. The minimum absolute atomic E-state index is 0.0546. The normalized spacial score (nSPS) is 27.5. The third-order valence-electron chi connectivity index (χ3n) is 5.58. The first-order chi connectivity index (χ1) is 10.7. The highest BCUT2D eigenvalue weighted by Crippen LogP contribution is 2.35. The largest absolute Gasteiger partial charge is 0.380 e. The van der Waals surface area contributed by atoms with Crippen molar-refractivity contribution in [1.29, 1.82) is 0 Å². The van der Waals surface area contributed by atoms with E-state index in [1.54, 1.807) is 0 Å². The molecule has 0 amide bonds. The molecule has 3 fully saturated rings. The fraction of sp³-hybridized carbons (Fsp3) is 1.00. The van der Waals surface area contributed by atoms with E-state index < -0.39 is 0 Å². The lowest BCUT2D eigenvalue weighted by molar-refractivity contribution is -0.214. The molecule has 22 heavy (non-hydrogen) atoms. The Hall–Kier alpha value is -0.200. The van der Waals surface area contributed by atoms with Gasteiger partial charge in [0.1, 0.15) is 0 Å². The Morgan fingerprint density at radius 1 is 0.591 bits per heavy atom. The van der Waals surface area contributed by atoms with Crippen LogP contribution in [0.4, 0.5) is 0 Å². The van der Waals surface area contributed by atoms with E-state index >= 15 is 0 Å². The minimum Gasteiger partial charge on any atom is -0.380 e. The van der Waals surface area contributed by atoms with Crippen molar-refractivity contribution >= 4 is 0 Å². The standard InChI is InChI=1S/C17H30O5/c1-3-15(5-18-6-15)9-20-11-17(13-22-14-17)12-21-10-16(4-2)7-19-8-16/h3-14H2,1-2H3. The molecule has 0 bridgehead atoms. The zero-order valence-electron chi connectivity index (χ0n) is 14.0. The molecule has 3 rings (SSSR count). The molecule has 0 aromatic rings. The highest BCUT2D eigenvalue weighted by Gasteiger charge is 2.43. The summed E-state index contributed by atoms with van der Waals surface area (Å²) < 4.78 is 28.2. The zero-order chi connectivity index (χ0) is 15.5. The van der Waals surface area contributed by atoms with Gasteiger partial charge in [-0.05, 0) is 12.8 Å². The van der Waals surface area contributed by atoms with Gasteiger partial charge in [0, 0.05) is 10.8 Å². The quantitative estimate of drug-likeness (QED) is 0.616. The third-order valence-corrected chi connectivity index (χ3v) is 5.58. The van der Waals surface area contributed by atoms with Crippen molar-refractivity contribution in [2.75, 3.05) is 66.1 Å². The molecular formula is C17H30O5. The maximum absolute atomic E-state index is 6.02. The predicted molar refractivity (Wildman–Crippen MR) is 82.0 cm³/mol. The first-order valence-corrected chi connectivity index (χ1v) is 8.54. The van der Waals surface area contributed by atoms with Crippen molar-refractivity contribution in [3.05, 3.63) is 0 Å². The van der Waals surface area contributed by atoms with E-state index in [0.29, 0.717) is 0 Å². The summed E-state index contributed by atoms with van der Waals surface area (Å²) in [5.74, 6) is 0. The Bertz CT molecular complexity index is 317. The van der Waals surface area contributed by atoms with E-state index in [1.165, 1.54) is 0 Å². The average Bonchev–Trinajstić information content (AvgIpc) is 2.41. The van der Waals surface area contributed by atoms with Crippen LogP contribution in [-0.2, 0) is 23.7 Å². The Morgan fingerprint density at radius 3 is 1.14 bits per heavy atom. The molecule has 0 N–H and O–H groups in total. The Balaban J connectivity index is 1.38. The lowest BCUT2D eigenvalue weighted by Gasteiger charge is -2.45. The molecule has 0 atom stereocenters. The van der Waals surface area contributed by atoms with E-state index in [0.717, 1.165) is 78.9 Å². The van der Waals surface area contributed by atoms with Crippen LogP contribution in [0.15, 0.2) is 0 Å². The summed E-state index contributed by atoms with van der Waals surface area (Å²) in [7, 11) is 0. The molecule has 3 saturated heterocycles. The summed E-state index contributed by atoms with van der Waals surface area (Å²) >= 11 is 0. The van der Waals surface area contributed by atoms with E-state index in [1.807, 2.05) is 0 Å². The summed E-state index contributed by atoms with van der Waals surface area (Å²) in [4.78, 5) is 0. The van der Waals surface area contributed by atoms with Crippen LogP contribution < -0.4 is 0 Å². The van der Waals surface area contributed by atoms with Crippen LogP contribution >= 0.6 is 0 Å². The van der Waals surface area contributed by atoms with Crippen molar-refractivity contribution in [3.63, 3.8) is 0 Å². The van der Waals surface area contributed by atoms with Gasteiger partial charge in [-0.2, -0.15) is 0 Å². The molecule has 0 unspecified atom stereocenters. The lowest BCUT2D eigenvalue weighted by atomic mass is 9.83. The molecule has 0 aromatic heterocycles. The first-order valence-electron chi connectivity index (χ1n) is 8.54. The van der Waals surface area contributed by atoms with Crippen LogP contribution in [0, 0.1) is 16.2 Å². The molecule has 5 heteroatoms. The molecule has 3 aliphatic heterocycles. The Labute approximate surface area is 133 Å². The predicted octanol–water partition coefficient (Wildman–Crippen LogP) is 1.89. The van der Waals surface area contributed by atoms with Gasteiger partial charge in [0.05, 0.1) is 71.5 Å². The van der Waals surface area contributed by atoms with Gasteiger partial charge in [-0.25, -0.2) is 0 Å². The van der Waals surface area contributed by atoms with Crippen LogP contribution in [0.25, 0.3) is 0 Å². The van der Waals surface area contributed by atoms with Gasteiger partial charge >= 0.3 is 0 Å². The molecule has 3 heterocycles. The fourth-order valence-electron chi connectivity index (χ4n) is 3.13. The van der Waals surface area contributed by atoms with Gasteiger partial charge in [-0.3, -0.25) is 0 Å². The van der Waals surface area contributed by atoms with Crippen molar-refractivity contribution in [2.45, 2.75) is 26.7 Å². The highest BCUT2D eigenvalue weighted by atomic mass is 16.5. The fourth-order valence-corrected chi connectivity index (χ4v) is 3.13. The van der Waals surface area contributed by atoms with Crippen molar-refractivity contribution < 1.29 is 23.7 Å². The topological polar surface area (TPSA) is 46.2 Å². The van der Waals surface area contributed by atoms with Gasteiger partial charge in [0.2, 0.25) is 0 Å². The molecule has 5 nitrogen and oxygen atoms in total. The van der Waals surface area contributed by atoms with Crippen molar-refractivity contribution in [1.82, 2.24) is 0 Å². The third kappa shape index (κ3) is 3.34. The molecule has 0 spiro atoms.